The predicted octanol–water partition coefficient (Wildman–Crippen LogP) is -2.75. The first-order valence-electron chi connectivity index (χ1n) is 5.98. The standard InChI is InChI=1S/C12H18N2O6/c15-6-9(17)11(19)10(18)8(16)5-14-12(20)7-1-3-13-4-2-7/h1-4,8-11,15-19H,5-6H2,(H,14,20). The van der Waals surface area contributed by atoms with Crippen LogP contribution in [0.15, 0.2) is 24.5 Å². The van der Waals surface area contributed by atoms with Crippen LogP contribution < -0.4 is 5.32 Å². The first-order chi connectivity index (χ1) is 9.47. The van der Waals surface area contributed by atoms with Gasteiger partial charge in [0.25, 0.3) is 5.91 Å². The van der Waals surface area contributed by atoms with Crippen molar-refractivity contribution in [3.8, 4) is 0 Å². The fourth-order valence-corrected chi connectivity index (χ4v) is 1.49. The lowest BCUT2D eigenvalue weighted by molar-refractivity contribution is -0.113. The molecule has 0 radical (unpaired) electrons. The van der Waals surface area contributed by atoms with Crippen molar-refractivity contribution in [2.24, 2.45) is 0 Å². The highest BCUT2D eigenvalue weighted by atomic mass is 16.4. The molecule has 0 aromatic carbocycles. The number of carbonyl (C=O) groups is 1. The lowest BCUT2D eigenvalue weighted by Gasteiger charge is -2.25. The second kappa shape index (κ2) is 7.88. The molecule has 0 saturated carbocycles. The third-order valence-electron chi connectivity index (χ3n) is 2.74. The van der Waals surface area contributed by atoms with Crippen molar-refractivity contribution in [2.75, 3.05) is 13.2 Å². The van der Waals surface area contributed by atoms with Crippen LogP contribution in [0.3, 0.4) is 0 Å². The maximum Gasteiger partial charge on any atom is 0.251 e. The summed E-state index contributed by atoms with van der Waals surface area (Å²) in [6, 6.07) is 2.95. The van der Waals surface area contributed by atoms with Crippen molar-refractivity contribution < 1.29 is 30.3 Å². The topological polar surface area (TPSA) is 143 Å². The number of rotatable bonds is 7. The Morgan fingerprint density at radius 3 is 2.20 bits per heavy atom. The molecule has 1 aromatic heterocycles. The van der Waals surface area contributed by atoms with E-state index >= 15 is 0 Å². The van der Waals surface area contributed by atoms with E-state index in [0.29, 0.717) is 5.56 Å². The van der Waals surface area contributed by atoms with Gasteiger partial charge in [0, 0.05) is 24.5 Å². The molecule has 1 aromatic rings. The van der Waals surface area contributed by atoms with Gasteiger partial charge in [-0.25, -0.2) is 0 Å². The van der Waals surface area contributed by atoms with Crippen molar-refractivity contribution >= 4 is 5.91 Å². The van der Waals surface area contributed by atoms with Crippen LogP contribution in [0.1, 0.15) is 10.4 Å². The summed E-state index contributed by atoms with van der Waals surface area (Å²) in [6.07, 6.45) is -3.61. The lowest BCUT2D eigenvalue weighted by Crippen LogP contribution is -2.49. The Morgan fingerprint density at radius 1 is 1.10 bits per heavy atom. The van der Waals surface area contributed by atoms with Crippen molar-refractivity contribution in [1.82, 2.24) is 10.3 Å². The summed E-state index contributed by atoms with van der Waals surface area (Å²) in [6.45, 7) is -1.08. The van der Waals surface area contributed by atoms with Crippen LogP contribution in [0.2, 0.25) is 0 Å². The Kier molecular flexibility index (Phi) is 6.49. The Balaban J connectivity index is 2.47. The van der Waals surface area contributed by atoms with Gasteiger partial charge in [0.15, 0.2) is 0 Å². The predicted molar refractivity (Wildman–Crippen MR) is 67.7 cm³/mol. The molecule has 0 fully saturated rings. The molecule has 0 spiro atoms. The van der Waals surface area contributed by atoms with E-state index in [1.54, 1.807) is 0 Å². The summed E-state index contributed by atoms with van der Waals surface area (Å²) in [5.74, 6) is -0.476. The Hall–Kier alpha value is -1.58. The minimum Gasteiger partial charge on any atom is -0.394 e. The molecule has 8 heteroatoms. The second-order valence-corrected chi connectivity index (χ2v) is 4.24. The summed E-state index contributed by atoms with van der Waals surface area (Å²) in [5.41, 5.74) is 0.331. The highest BCUT2D eigenvalue weighted by Gasteiger charge is 2.30. The van der Waals surface area contributed by atoms with Crippen molar-refractivity contribution in [2.45, 2.75) is 24.4 Å². The quantitative estimate of drug-likeness (QED) is 0.319. The molecule has 1 rings (SSSR count). The molecule has 0 saturated heterocycles. The molecule has 20 heavy (non-hydrogen) atoms. The highest BCUT2D eigenvalue weighted by molar-refractivity contribution is 5.93. The normalized spacial score (nSPS) is 17.1. The monoisotopic (exact) mass is 286 g/mol. The maximum absolute atomic E-state index is 11.6. The van der Waals surface area contributed by atoms with E-state index in [-0.39, 0.29) is 6.54 Å². The number of hydrogen-bond donors (Lipinski definition) is 6. The van der Waals surface area contributed by atoms with E-state index in [2.05, 4.69) is 10.3 Å². The smallest absolute Gasteiger partial charge is 0.251 e. The van der Waals surface area contributed by atoms with Gasteiger partial charge in [-0.2, -0.15) is 0 Å². The van der Waals surface area contributed by atoms with Crippen LogP contribution in [0.25, 0.3) is 0 Å². The van der Waals surface area contributed by atoms with E-state index in [1.165, 1.54) is 24.5 Å². The molecule has 1 heterocycles. The Morgan fingerprint density at radius 2 is 1.65 bits per heavy atom. The van der Waals surface area contributed by atoms with E-state index in [9.17, 15) is 20.1 Å². The Labute approximate surface area is 115 Å². The van der Waals surface area contributed by atoms with E-state index in [1.807, 2.05) is 0 Å². The third-order valence-corrected chi connectivity index (χ3v) is 2.74. The van der Waals surface area contributed by atoms with Crippen molar-refractivity contribution in [3.05, 3.63) is 30.1 Å². The van der Waals surface area contributed by atoms with Gasteiger partial charge in [-0.1, -0.05) is 0 Å². The molecule has 0 aliphatic heterocycles. The summed E-state index contributed by atoms with van der Waals surface area (Å²) in [4.78, 5) is 15.4. The average Bonchev–Trinajstić information content (AvgIpc) is 2.50. The van der Waals surface area contributed by atoms with Gasteiger partial charge < -0.3 is 30.8 Å². The fourth-order valence-electron chi connectivity index (χ4n) is 1.49. The van der Waals surface area contributed by atoms with Crippen molar-refractivity contribution in [3.63, 3.8) is 0 Å². The third kappa shape index (κ3) is 4.51. The summed E-state index contributed by atoms with van der Waals surface area (Å²) in [7, 11) is 0. The molecule has 1 amide bonds. The zero-order valence-corrected chi connectivity index (χ0v) is 10.6. The second-order valence-electron chi connectivity index (χ2n) is 4.24. The molecule has 4 unspecified atom stereocenters. The molecular weight excluding hydrogens is 268 g/mol. The first kappa shape index (κ1) is 16.5. The van der Waals surface area contributed by atoms with Gasteiger partial charge in [0.2, 0.25) is 0 Å². The molecule has 0 aliphatic carbocycles. The highest BCUT2D eigenvalue weighted by Crippen LogP contribution is 2.05. The maximum atomic E-state index is 11.6. The average molecular weight is 286 g/mol. The Bertz CT molecular complexity index is 416. The number of hydrogen-bond acceptors (Lipinski definition) is 7. The number of amides is 1. The molecular formula is C12H18N2O6. The van der Waals surface area contributed by atoms with Gasteiger partial charge in [-0.05, 0) is 12.1 Å². The minimum atomic E-state index is -1.71. The zero-order valence-electron chi connectivity index (χ0n) is 10.6. The number of aliphatic hydroxyl groups excluding tert-OH is 5. The van der Waals surface area contributed by atoms with Crippen LogP contribution in [0.4, 0.5) is 0 Å². The number of aromatic nitrogens is 1. The van der Waals surface area contributed by atoms with Crippen LogP contribution in [-0.4, -0.2) is 74.0 Å². The first-order valence-corrected chi connectivity index (χ1v) is 5.98. The summed E-state index contributed by atoms with van der Waals surface area (Å²) in [5, 5.41) is 48.7. The lowest BCUT2D eigenvalue weighted by atomic mass is 10.0. The van der Waals surface area contributed by atoms with Crippen LogP contribution in [0, 0.1) is 0 Å². The molecule has 112 valence electrons. The minimum absolute atomic E-state index is 0.322. The van der Waals surface area contributed by atoms with Gasteiger partial charge in [0.05, 0.1) is 12.7 Å². The van der Waals surface area contributed by atoms with Crippen LogP contribution in [0.5, 0.6) is 0 Å². The summed E-state index contributed by atoms with van der Waals surface area (Å²) < 4.78 is 0. The number of nitrogens with zero attached hydrogens (tertiary/aromatic N) is 1. The van der Waals surface area contributed by atoms with Crippen molar-refractivity contribution in [1.29, 1.82) is 0 Å². The van der Waals surface area contributed by atoms with E-state index in [4.69, 9.17) is 10.2 Å². The molecule has 4 atom stereocenters. The van der Waals surface area contributed by atoms with E-state index < -0.39 is 36.9 Å². The number of pyridine rings is 1. The summed E-state index contributed by atoms with van der Waals surface area (Å²) >= 11 is 0. The molecule has 0 aliphatic rings. The zero-order chi connectivity index (χ0) is 15.1. The number of nitrogens with one attached hydrogen (secondary N) is 1. The van der Waals surface area contributed by atoms with Gasteiger partial charge in [-0.3, -0.25) is 9.78 Å². The molecule has 0 bridgehead atoms. The molecule has 8 nitrogen and oxygen atoms in total. The fraction of sp³-hybridized carbons (Fsp3) is 0.500. The van der Waals surface area contributed by atoms with Crippen LogP contribution >= 0.6 is 0 Å². The van der Waals surface area contributed by atoms with Gasteiger partial charge in [0.1, 0.15) is 18.3 Å². The SMILES string of the molecule is O=C(NCC(O)C(O)C(O)C(O)CO)c1ccncc1. The number of carbonyl (C=O) groups excluding carboxylic acids is 1. The van der Waals surface area contributed by atoms with Gasteiger partial charge in [-0.15, -0.1) is 0 Å². The largest absolute Gasteiger partial charge is 0.394 e. The molecule has 6 N–H and O–H groups in total. The van der Waals surface area contributed by atoms with Crippen LogP contribution in [-0.2, 0) is 0 Å². The van der Waals surface area contributed by atoms with Gasteiger partial charge >= 0.3 is 0 Å². The van der Waals surface area contributed by atoms with E-state index in [0.717, 1.165) is 0 Å². The number of aliphatic hydroxyl groups is 5.